The quantitative estimate of drug-likeness (QED) is 0.739. The summed E-state index contributed by atoms with van der Waals surface area (Å²) in [7, 11) is 1.30. The summed E-state index contributed by atoms with van der Waals surface area (Å²) in [6.07, 6.45) is 2.44. The average Bonchev–Trinajstić information content (AvgIpc) is 2.50. The van der Waals surface area contributed by atoms with Gasteiger partial charge in [0, 0.05) is 5.02 Å². The minimum Gasteiger partial charge on any atom is -0.484 e. The van der Waals surface area contributed by atoms with Crippen molar-refractivity contribution in [1.82, 2.24) is 5.32 Å². The molecule has 0 aliphatic rings. The smallest absolute Gasteiger partial charge is 0.328 e. The minimum atomic E-state index is -0.649. The third kappa shape index (κ3) is 6.73. The number of carbonyl (C=O) groups excluding carboxylic acids is 2. The highest BCUT2D eigenvalue weighted by Crippen LogP contribution is 2.15. The van der Waals surface area contributed by atoms with Gasteiger partial charge in [-0.2, -0.15) is 11.8 Å². The Hall–Kier alpha value is -1.40. The molecule has 0 aliphatic carbocycles. The highest BCUT2D eigenvalue weighted by molar-refractivity contribution is 7.98. The fourth-order valence-electron chi connectivity index (χ4n) is 1.54. The first kappa shape index (κ1) is 17.7. The molecule has 0 saturated heterocycles. The van der Waals surface area contributed by atoms with Crippen LogP contribution in [0.15, 0.2) is 24.3 Å². The predicted molar refractivity (Wildman–Crippen MR) is 83.9 cm³/mol. The van der Waals surface area contributed by atoms with E-state index in [1.807, 2.05) is 6.26 Å². The molecule has 0 saturated carbocycles. The van der Waals surface area contributed by atoms with Crippen molar-refractivity contribution < 1.29 is 19.1 Å². The average molecular weight is 332 g/mol. The van der Waals surface area contributed by atoms with Crippen LogP contribution in [0.5, 0.6) is 5.75 Å². The maximum Gasteiger partial charge on any atom is 0.328 e. The van der Waals surface area contributed by atoms with E-state index in [0.29, 0.717) is 17.2 Å². The van der Waals surface area contributed by atoms with E-state index in [9.17, 15) is 9.59 Å². The number of amides is 1. The van der Waals surface area contributed by atoms with Crippen LogP contribution in [0, 0.1) is 0 Å². The third-order valence-corrected chi connectivity index (χ3v) is 3.51. The van der Waals surface area contributed by atoms with Crippen molar-refractivity contribution in [2.45, 2.75) is 12.5 Å². The molecular weight excluding hydrogens is 314 g/mol. The maximum atomic E-state index is 11.8. The Kier molecular flexibility index (Phi) is 8.00. The Bertz CT molecular complexity index is 467. The van der Waals surface area contributed by atoms with E-state index in [-0.39, 0.29) is 12.5 Å². The summed E-state index contributed by atoms with van der Waals surface area (Å²) in [6.45, 7) is -0.172. The molecule has 7 heteroatoms. The summed E-state index contributed by atoms with van der Waals surface area (Å²) in [4.78, 5) is 23.4. The van der Waals surface area contributed by atoms with Gasteiger partial charge >= 0.3 is 5.97 Å². The molecule has 0 unspecified atom stereocenters. The first-order valence-electron chi connectivity index (χ1n) is 6.31. The van der Waals surface area contributed by atoms with Gasteiger partial charge in [0.2, 0.25) is 0 Å². The second kappa shape index (κ2) is 9.52. The molecule has 1 amide bonds. The molecule has 0 radical (unpaired) electrons. The summed E-state index contributed by atoms with van der Waals surface area (Å²) in [6, 6.07) is 6.03. The van der Waals surface area contributed by atoms with Crippen LogP contribution in [-0.4, -0.2) is 43.6 Å². The Morgan fingerprint density at radius 2 is 2.00 bits per heavy atom. The summed E-state index contributed by atoms with van der Waals surface area (Å²) in [5, 5.41) is 3.20. The Morgan fingerprint density at radius 1 is 1.33 bits per heavy atom. The van der Waals surface area contributed by atoms with Crippen LogP contribution in [0.25, 0.3) is 0 Å². The molecule has 1 aromatic rings. The van der Waals surface area contributed by atoms with E-state index in [0.717, 1.165) is 5.75 Å². The van der Waals surface area contributed by atoms with Crippen molar-refractivity contribution >= 4 is 35.2 Å². The number of hydrogen-bond donors (Lipinski definition) is 1. The van der Waals surface area contributed by atoms with E-state index >= 15 is 0 Å². The van der Waals surface area contributed by atoms with Crippen LogP contribution in [0.4, 0.5) is 0 Å². The van der Waals surface area contributed by atoms with Crippen LogP contribution < -0.4 is 10.1 Å². The molecule has 0 aromatic heterocycles. The summed E-state index contributed by atoms with van der Waals surface area (Å²) in [5.74, 6) is 0.455. The molecule has 21 heavy (non-hydrogen) atoms. The molecule has 116 valence electrons. The number of halogens is 1. The highest BCUT2D eigenvalue weighted by atomic mass is 35.5. The monoisotopic (exact) mass is 331 g/mol. The molecule has 0 fully saturated rings. The second-order valence-electron chi connectivity index (χ2n) is 4.17. The Balaban J connectivity index is 2.45. The Labute approximate surface area is 133 Å². The summed E-state index contributed by atoms with van der Waals surface area (Å²) in [5.41, 5.74) is 0. The maximum absolute atomic E-state index is 11.8. The van der Waals surface area contributed by atoms with Crippen LogP contribution in [0.1, 0.15) is 6.42 Å². The van der Waals surface area contributed by atoms with Crippen LogP contribution >= 0.6 is 23.4 Å². The number of rotatable bonds is 8. The zero-order chi connectivity index (χ0) is 15.7. The second-order valence-corrected chi connectivity index (χ2v) is 5.59. The van der Waals surface area contributed by atoms with Gasteiger partial charge in [0.15, 0.2) is 6.61 Å². The lowest BCUT2D eigenvalue weighted by atomic mass is 10.2. The standard InChI is InChI=1S/C14H18ClNO4S/c1-19-14(18)12(7-8-21-2)16-13(17)9-20-11-5-3-10(15)4-6-11/h3-6,12H,7-9H2,1-2H3,(H,16,17)/t12-/m1/s1. The lowest BCUT2D eigenvalue weighted by Gasteiger charge is -2.16. The lowest BCUT2D eigenvalue weighted by molar-refractivity contribution is -0.145. The molecule has 1 atom stereocenters. The third-order valence-electron chi connectivity index (χ3n) is 2.62. The first-order valence-corrected chi connectivity index (χ1v) is 8.08. The van der Waals surface area contributed by atoms with Gasteiger partial charge in [-0.05, 0) is 42.7 Å². The molecule has 0 spiro atoms. The zero-order valence-electron chi connectivity index (χ0n) is 11.9. The summed E-state index contributed by atoms with van der Waals surface area (Å²) < 4.78 is 9.98. The van der Waals surface area contributed by atoms with Gasteiger partial charge in [-0.3, -0.25) is 4.79 Å². The van der Waals surface area contributed by atoms with Gasteiger partial charge < -0.3 is 14.8 Å². The molecule has 0 aliphatic heterocycles. The normalized spacial score (nSPS) is 11.6. The van der Waals surface area contributed by atoms with Crippen molar-refractivity contribution in [2.24, 2.45) is 0 Å². The van der Waals surface area contributed by atoms with Gasteiger partial charge in [0.1, 0.15) is 11.8 Å². The molecular formula is C14H18ClNO4S. The van der Waals surface area contributed by atoms with E-state index in [2.05, 4.69) is 10.1 Å². The van der Waals surface area contributed by atoms with Gasteiger partial charge in [-0.25, -0.2) is 4.79 Å². The van der Waals surface area contributed by atoms with Crippen LogP contribution in [-0.2, 0) is 14.3 Å². The molecule has 1 aromatic carbocycles. The number of hydrogen-bond acceptors (Lipinski definition) is 5. The largest absolute Gasteiger partial charge is 0.484 e. The number of thioether (sulfide) groups is 1. The van der Waals surface area contributed by atoms with Gasteiger partial charge in [0.25, 0.3) is 5.91 Å². The van der Waals surface area contributed by atoms with Gasteiger partial charge in [0.05, 0.1) is 7.11 Å². The Morgan fingerprint density at radius 3 is 2.57 bits per heavy atom. The molecule has 1 N–H and O–H groups in total. The fraction of sp³-hybridized carbons (Fsp3) is 0.429. The van der Waals surface area contributed by atoms with Crippen molar-refractivity contribution in [3.8, 4) is 5.75 Å². The van der Waals surface area contributed by atoms with Crippen LogP contribution in [0.3, 0.4) is 0 Å². The molecule has 0 bridgehead atoms. The number of nitrogens with one attached hydrogen (secondary N) is 1. The number of esters is 1. The zero-order valence-corrected chi connectivity index (χ0v) is 13.5. The van der Waals surface area contributed by atoms with Crippen molar-refractivity contribution in [1.29, 1.82) is 0 Å². The topological polar surface area (TPSA) is 64.6 Å². The van der Waals surface area contributed by atoms with E-state index in [4.69, 9.17) is 16.3 Å². The molecule has 0 heterocycles. The SMILES string of the molecule is COC(=O)[C@@H](CCSC)NC(=O)COc1ccc(Cl)cc1. The van der Waals surface area contributed by atoms with Crippen molar-refractivity contribution in [3.05, 3.63) is 29.3 Å². The van der Waals surface area contributed by atoms with Crippen LogP contribution in [0.2, 0.25) is 5.02 Å². The predicted octanol–water partition coefficient (Wildman–Crippen LogP) is 2.13. The van der Waals surface area contributed by atoms with E-state index in [1.54, 1.807) is 36.0 Å². The fourth-order valence-corrected chi connectivity index (χ4v) is 2.14. The number of ether oxygens (including phenoxy) is 2. The molecule has 1 rings (SSSR count). The number of carbonyl (C=O) groups is 2. The minimum absolute atomic E-state index is 0.172. The van der Waals surface area contributed by atoms with Crippen molar-refractivity contribution in [2.75, 3.05) is 25.7 Å². The highest BCUT2D eigenvalue weighted by Gasteiger charge is 2.21. The summed E-state index contributed by atoms with van der Waals surface area (Å²) >= 11 is 7.35. The van der Waals surface area contributed by atoms with E-state index < -0.39 is 12.0 Å². The van der Waals surface area contributed by atoms with Gasteiger partial charge in [-0.1, -0.05) is 11.6 Å². The molecule has 5 nitrogen and oxygen atoms in total. The van der Waals surface area contributed by atoms with Gasteiger partial charge in [-0.15, -0.1) is 0 Å². The van der Waals surface area contributed by atoms with Crippen molar-refractivity contribution in [3.63, 3.8) is 0 Å². The first-order chi connectivity index (χ1) is 10.1. The number of benzene rings is 1. The number of methoxy groups -OCH3 is 1. The lowest BCUT2D eigenvalue weighted by Crippen LogP contribution is -2.43. The van der Waals surface area contributed by atoms with E-state index in [1.165, 1.54) is 7.11 Å².